The summed E-state index contributed by atoms with van der Waals surface area (Å²) < 4.78 is 7.08. The monoisotopic (exact) mass is 467 g/mol. The van der Waals surface area contributed by atoms with Crippen LogP contribution in [0.5, 0.6) is 5.75 Å². The summed E-state index contributed by atoms with van der Waals surface area (Å²) in [4.78, 5) is 0. The molecule has 21 heavy (non-hydrogen) atoms. The van der Waals surface area contributed by atoms with E-state index >= 15 is 0 Å². The molecule has 0 aliphatic carbocycles. The Morgan fingerprint density at radius 2 is 1.52 bits per heavy atom. The van der Waals surface area contributed by atoms with Gasteiger partial charge in [-0.1, -0.05) is 34.8 Å². The number of rotatable bonds is 3. The van der Waals surface area contributed by atoms with Crippen molar-refractivity contribution >= 4 is 66.7 Å². The molecular weight excluding hydrogens is 464 g/mol. The third kappa shape index (κ3) is 4.06. The van der Waals surface area contributed by atoms with Crippen LogP contribution in [0.15, 0.2) is 33.2 Å². The van der Waals surface area contributed by atoms with Gasteiger partial charge in [0.05, 0.1) is 30.6 Å². The molecule has 0 N–H and O–H groups in total. The van der Waals surface area contributed by atoms with E-state index < -0.39 is 0 Å². The Hall–Kier alpha value is -0.440. The first-order valence-electron chi connectivity index (χ1n) is 5.57. The van der Waals surface area contributed by atoms with E-state index in [9.17, 15) is 0 Å². The highest BCUT2D eigenvalue weighted by molar-refractivity contribution is 9.11. The summed E-state index contributed by atoms with van der Waals surface area (Å²) in [6, 6.07) is 8.66. The summed E-state index contributed by atoms with van der Waals surface area (Å²) in [7, 11) is 0. The Balaban J connectivity index is 2.25. The van der Waals surface area contributed by atoms with Crippen molar-refractivity contribution < 1.29 is 4.74 Å². The summed E-state index contributed by atoms with van der Waals surface area (Å²) >= 11 is 24.7. The highest BCUT2D eigenvalue weighted by atomic mass is 79.9. The maximum absolute atomic E-state index is 8.90. The minimum absolute atomic E-state index is 0.221. The third-order valence-electron chi connectivity index (χ3n) is 2.59. The van der Waals surface area contributed by atoms with Crippen LogP contribution in [0.3, 0.4) is 0 Å². The maximum Gasteiger partial charge on any atom is 0.148 e. The van der Waals surface area contributed by atoms with Crippen molar-refractivity contribution in [2.75, 3.05) is 0 Å². The Morgan fingerprint density at radius 1 is 0.952 bits per heavy atom. The van der Waals surface area contributed by atoms with Gasteiger partial charge in [0.1, 0.15) is 12.4 Å². The number of benzene rings is 2. The Kier molecular flexibility index (Phi) is 5.81. The van der Waals surface area contributed by atoms with Gasteiger partial charge in [0.2, 0.25) is 0 Å². The van der Waals surface area contributed by atoms with Crippen LogP contribution in [-0.2, 0) is 6.61 Å². The first-order valence-corrected chi connectivity index (χ1v) is 8.29. The van der Waals surface area contributed by atoms with Crippen molar-refractivity contribution in [3.05, 3.63) is 59.4 Å². The lowest BCUT2D eigenvalue weighted by Crippen LogP contribution is -1.98. The van der Waals surface area contributed by atoms with Gasteiger partial charge in [-0.2, -0.15) is 5.26 Å². The van der Waals surface area contributed by atoms with Crippen LogP contribution in [0, 0.1) is 11.3 Å². The van der Waals surface area contributed by atoms with E-state index in [2.05, 4.69) is 37.9 Å². The minimum Gasteiger partial charge on any atom is -0.486 e. The molecule has 0 radical (unpaired) electrons. The second kappa shape index (κ2) is 7.21. The SMILES string of the molecule is N#Cc1cc(Br)c(OCc2cc(Cl)c(Cl)cc2Cl)c(Br)c1. The largest absolute Gasteiger partial charge is 0.486 e. The summed E-state index contributed by atoms with van der Waals surface area (Å²) in [5, 5.41) is 10.2. The van der Waals surface area contributed by atoms with Crippen molar-refractivity contribution in [3.8, 4) is 11.8 Å². The van der Waals surface area contributed by atoms with Gasteiger partial charge in [0.15, 0.2) is 0 Å². The van der Waals surface area contributed by atoms with Crippen LogP contribution in [0.1, 0.15) is 11.1 Å². The van der Waals surface area contributed by atoms with E-state index in [0.717, 1.165) is 0 Å². The number of halogens is 5. The maximum atomic E-state index is 8.90. The molecule has 2 aromatic carbocycles. The fourth-order valence-corrected chi connectivity index (χ4v) is 3.63. The standard InChI is InChI=1S/C14H6Br2Cl3NO/c15-9-1-7(5-20)2-10(16)14(9)21-6-8-3-12(18)13(19)4-11(8)17/h1-4H,6H2. The zero-order chi connectivity index (χ0) is 15.6. The summed E-state index contributed by atoms with van der Waals surface area (Å²) in [5.41, 5.74) is 1.24. The average molecular weight is 470 g/mol. The van der Waals surface area contributed by atoms with Gasteiger partial charge in [0.25, 0.3) is 0 Å². The van der Waals surface area contributed by atoms with Crippen LogP contribution in [0.25, 0.3) is 0 Å². The number of ether oxygens (including phenoxy) is 1. The number of nitrogens with zero attached hydrogens (tertiary/aromatic N) is 1. The molecule has 0 bridgehead atoms. The van der Waals surface area contributed by atoms with E-state index in [-0.39, 0.29) is 6.61 Å². The quantitative estimate of drug-likeness (QED) is 0.473. The van der Waals surface area contributed by atoms with Gasteiger partial charge in [0, 0.05) is 10.6 Å². The molecule has 0 aliphatic rings. The number of hydrogen-bond donors (Lipinski definition) is 0. The van der Waals surface area contributed by atoms with Gasteiger partial charge in [-0.25, -0.2) is 0 Å². The molecule has 108 valence electrons. The van der Waals surface area contributed by atoms with Gasteiger partial charge >= 0.3 is 0 Å². The molecule has 2 rings (SSSR count). The van der Waals surface area contributed by atoms with Gasteiger partial charge in [-0.05, 0) is 56.1 Å². The minimum atomic E-state index is 0.221. The van der Waals surface area contributed by atoms with Crippen molar-refractivity contribution in [1.29, 1.82) is 5.26 Å². The van der Waals surface area contributed by atoms with Gasteiger partial charge in [-0.15, -0.1) is 0 Å². The Bertz CT molecular complexity index is 721. The lowest BCUT2D eigenvalue weighted by Gasteiger charge is -2.12. The molecule has 0 heterocycles. The van der Waals surface area contributed by atoms with Crippen molar-refractivity contribution in [2.24, 2.45) is 0 Å². The fraction of sp³-hybridized carbons (Fsp3) is 0.0714. The van der Waals surface area contributed by atoms with E-state index in [1.54, 1.807) is 24.3 Å². The smallest absolute Gasteiger partial charge is 0.148 e. The van der Waals surface area contributed by atoms with Crippen LogP contribution in [-0.4, -0.2) is 0 Å². The number of hydrogen-bond acceptors (Lipinski definition) is 2. The molecule has 0 aliphatic heterocycles. The molecule has 0 aromatic heterocycles. The molecule has 0 fully saturated rings. The zero-order valence-corrected chi connectivity index (χ0v) is 15.7. The Morgan fingerprint density at radius 3 is 2.10 bits per heavy atom. The normalized spacial score (nSPS) is 10.3. The topological polar surface area (TPSA) is 33.0 Å². The summed E-state index contributed by atoms with van der Waals surface area (Å²) in [6.07, 6.45) is 0. The van der Waals surface area contributed by atoms with Crippen LogP contribution in [0.4, 0.5) is 0 Å². The van der Waals surface area contributed by atoms with Gasteiger partial charge < -0.3 is 4.74 Å². The summed E-state index contributed by atoms with van der Waals surface area (Å²) in [5.74, 6) is 0.580. The highest BCUT2D eigenvalue weighted by Gasteiger charge is 2.11. The highest BCUT2D eigenvalue weighted by Crippen LogP contribution is 2.36. The molecular formula is C14H6Br2Cl3NO. The van der Waals surface area contributed by atoms with Crippen LogP contribution < -0.4 is 4.74 Å². The molecule has 2 nitrogen and oxygen atoms in total. The fourth-order valence-electron chi connectivity index (χ4n) is 1.59. The van der Waals surface area contributed by atoms with E-state index in [4.69, 9.17) is 44.8 Å². The van der Waals surface area contributed by atoms with Gasteiger partial charge in [-0.3, -0.25) is 0 Å². The second-order valence-corrected chi connectivity index (χ2v) is 6.96. The van der Waals surface area contributed by atoms with E-state index in [1.807, 2.05) is 0 Å². The Labute approximate surface area is 153 Å². The molecule has 0 saturated carbocycles. The van der Waals surface area contributed by atoms with E-state index in [1.165, 1.54) is 0 Å². The molecule has 0 amide bonds. The van der Waals surface area contributed by atoms with E-state index in [0.29, 0.717) is 40.9 Å². The predicted molar refractivity (Wildman–Crippen MR) is 92.4 cm³/mol. The van der Waals surface area contributed by atoms with Crippen molar-refractivity contribution in [2.45, 2.75) is 6.61 Å². The van der Waals surface area contributed by atoms with Crippen molar-refractivity contribution in [1.82, 2.24) is 0 Å². The first-order chi connectivity index (χ1) is 9.92. The molecule has 2 aromatic rings. The average Bonchev–Trinajstić information content (AvgIpc) is 2.42. The lowest BCUT2D eigenvalue weighted by molar-refractivity contribution is 0.302. The molecule has 0 spiro atoms. The molecule has 0 atom stereocenters. The first kappa shape index (κ1) is 16.9. The third-order valence-corrected chi connectivity index (χ3v) is 4.84. The zero-order valence-electron chi connectivity index (χ0n) is 10.3. The molecule has 0 unspecified atom stereocenters. The van der Waals surface area contributed by atoms with Crippen LogP contribution in [0.2, 0.25) is 15.1 Å². The summed E-state index contributed by atoms with van der Waals surface area (Å²) in [6.45, 7) is 0.221. The lowest BCUT2D eigenvalue weighted by atomic mass is 10.2. The number of nitriles is 1. The molecule has 7 heteroatoms. The predicted octanol–water partition coefficient (Wildman–Crippen LogP) is 6.62. The van der Waals surface area contributed by atoms with Crippen LogP contribution >= 0.6 is 66.7 Å². The second-order valence-electron chi connectivity index (χ2n) is 4.03. The van der Waals surface area contributed by atoms with Crippen molar-refractivity contribution in [3.63, 3.8) is 0 Å². The molecule has 0 saturated heterocycles.